The molecule has 106 valence electrons. The molecule has 0 spiro atoms. The second-order valence-corrected chi connectivity index (χ2v) is 4.88. The number of anilines is 2. The van der Waals surface area contributed by atoms with Crippen LogP contribution in [-0.2, 0) is 11.2 Å². The van der Waals surface area contributed by atoms with Crippen LogP contribution in [0.1, 0.15) is 38.1 Å². The molecule has 0 radical (unpaired) electrons. The summed E-state index contributed by atoms with van der Waals surface area (Å²) in [5.41, 5.74) is 1.10. The molecule has 0 saturated carbocycles. The summed E-state index contributed by atoms with van der Waals surface area (Å²) in [6.07, 6.45) is 2.93. The minimum absolute atomic E-state index is 0.460. The van der Waals surface area contributed by atoms with E-state index in [9.17, 15) is 0 Å². The van der Waals surface area contributed by atoms with Crippen molar-refractivity contribution in [2.24, 2.45) is 0 Å². The van der Waals surface area contributed by atoms with Gasteiger partial charge in [0.25, 0.3) is 0 Å². The summed E-state index contributed by atoms with van der Waals surface area (Å²) in [7, 11) is 0. The van der Waals surface area contributed by atoms with Gasteiger partial charge in [-0.2, -0.15) is 0 Å². The maximum Gasteiger partial charge on any atom is 0.134 e. The normalized spacial score (nSPS) is 16.4. The van der Waals surface area contributed by atoms with E-state index in [4.69, 9.17) is 4.74 Å². The molecule has 1 aromatic rings. The number of nitrogens with one attached hydrogen (secondary N) is 2. The largest absolute Gasteiger partial charge is 0.381 e. The molecule has 1 aliphatic heterocycles. The maximum atomic E-state index is 5.39. The topological polar surface area (TPSA) is 59.1 Å². The third-order valence-corrected chi connectivity index (χ3v) is 3.41. The van der Waals surface area contributed by atoms with Gasteiger partial charge in [-0.05, 0) is 26.7 Å². The number of nitrogens with zero attached hydrogens (tertiary/aromatic N) is 2. The van der Waals surface area contributed by atoms with Crippen LogP contribution in [0.2, 0.25) is 0 Å². The van der Waals surface area contributed by atoms with E-state index in [0.717, 1.165) is 62.0 Å². The van der Waals surface area contributed by atoms with E-state index in [1.165, 1.54) is 0 Å². The Kier molecular flexibility index (Phi) is 4.96. The van der Waals surface area contributed by atoms with Gasteiger partial charge >= 0.3 is 0 Å². The lowest BCUT2D eigenvalue weighted by Gasteiger charge is -2.25. The van der Waals surface area contributed by atoms with Crippen molar-refractivity contribution in [1.29, 1.82) is 0 Å². The summed E-state index contributed by atoms with van der Waals surface area (Å²) >= 11 is 0. The number of aryl methyl sites for hydroxylation is 1. The van der Waals surface area contributed by atoms with Crippen LogP contribution in [0.4, 0.5) is 11.6 Å². The quantitative estimate of drug-likeness (QED) is 0.855. The van der Waals surface area contributed by atoms with Crippen LogP contribution < -0.4 is 10.6 Å². The SMILES string of the molecule is CCNc1nc(CC)nc(NC2CCOCC2)c1C. The molecule has 1 aliphatic rings. The number of hydrogen-bond acceptors (Lipinski definition) is 5. The molecule has 0 aliphatic carbocycles. The Morgan fingerprint density at radius 3 is 2.47 bits per heavy atom. The van der Waals surface area contributed by atoms with Crippen molar-refractivity contribution in [3.63, 3.8) is 0 Å². The zero-order valence-electron chi connectivity index (χ0n) is 12.1. The Morgan fingerprint density at radius 1 is 1.16 bits per heavy atom. The first-order valence-corrected chi connectivity index (χ1v) is 7.20. The molecule has 19 heavy (non-hydrogen) atoms. The molecule has 5 nitrogen and oxygen atoms in total. The molecular formula is C14H24N4O. The molecule has 0 amide bonds. The van der Waals surface area contributed by atoms with Crippen molar-refractivity contribution in [3.8, 4) is 0 Å². The van der Waals surface area contributed by atoms with Crippen molar-refractivity contribution in [3.05, 3.63) is 11.4 Å². The summed E-state index contributed by atoms with van der Waals surface area (Å²) in [6.45, 7) is 8.78. The zero-order valence-corrected chi connectivity index (χ0v) is 12.1. The average Bonchev–Trinajstić information content (AvgIpc) is 2.44. The molecule has 0 bridgehead atoms. The molecule has 1 saturated heterocycles. The van der Waals surface area contributed by atoms with Crippen molar-refractivity contribution >= 4 is 11.6 Å². The van der Waals surface area contributed by atoms with Crippen LogP contribution in [0.15, 0.2) is 0 Å². The van der Waals surface area contributed by atoms with Gasteiger partial charge in [-0.25, -0.2) is 9.97 Å². The molecule has 0 aromatic carbocycles. The molecule has 0 unspecified atom stereocenters. The number of aromatic nitrogens is 2. The third kappa shape index (κ3) is 3.56. The summed E-state index contributed by atoms with van der Waals surface area (Å²) in [5, 5.41) is 6.86. The molecule has 5 heteroatoms. The Bertz CT molecular complexity index is 416. The standard InChI is InChI=1S/C14H24N4O/c1-4-12-17-13(15-5-2)10(3)14(18-12)16-11-6-8-19-9-7-11/h11H,4-9H2,1-3H3,(H2,15,16,17,18). The van der Waals surface area contributed by atoms with E-state index >= 15 is 0 Å². The smallest absolute Gasteiger partial charge is 0.134 e. The van der Waals surface area contributed by atoms with E-state index in [0.29, 0.717) is 6.04 Å². The number of rotatable bonds is 5. The van der Waals surface area contributed by atoms with Crippen LogP contribution in [0.5, 0.6) is 0 Å². The molecule has 0 atom stereocenters. The van der Waals surface area contributed by atoms with Crippen LogP contribution >= 0.6 is 0 Å². The number of hydrogen-bond donors (Lipinski definition) is 2. The Morgan fingerprint density at radius 2 is 1.84 bits per heavy atom. The first-order valence-electron chi connectivity index (χ1n) is 7.20. The van der Waals surface area contributed by atoms with E-state index in [2.05, 4.69) is 41.4 Å². The lowest BCUT2D eigenvalue weighted by Crippen LogP contribution is -2.29. The Balaban J connectivity index is 2.19. The lowest BCUT2D eigenvalue weighted by molar-refractivity contribution is 0.0903. The second-order valence-electron chi connectivity index (χ2n) is 4.88. The van der Waals surface area contributed by atoms with Crippen LogP contribution in [0.25, 0.3) is 0 Å². The van der Waals surface area contributed by atoms with Crippen molar-refractivity contribution in [2.75, 3.05) is 30.4 Å². The monoisotopic (exact) mass is 264 g/mol. The summed E-state index contributed by atoms with van der Waals surface area (Å²) in [6, 6.07) is 0.460. The van der Waals surface area contributed by atoms with E-state index in [1.807, 2.05) is 0 Å². The molecule has 1 fully saturated rings. The third-order valence-electron chi connectivity index (χ3n) is 3.41. The zero-order chi connectivity index (χ0) is 13.7. The van der Waals surface area contributed by atoms with Gasteiger partial charge in [0.1, 0.15) is 17.5 Å². The van der Waals surface area contributed by atoms with Gasteiger partial charge < -0.3 is 15.4 Å². The predicted octanol–water partition coefficient (Wildman–Crippen LogP) is 2.37. The molecule has 2 rings (SSSR count). The maximum absolute atomic E-state index is 5.39. The fourth-order valence-electron chi connectivity index (χ4n) is 2.24. The van der Waals surface area contributed by atoms with E-state index in [-0.39, 0.29) is 0 Å². The van der Waals surface area contributed by atoms with E-state index < -0.39 is 0 Å². The summed E-state index contributed by atoms with van der Waals surface area (Å²) < 4.78 is 5.39. The van der Waals surface area contributed by atoms with Gasteiger partial charge in [0, 0.05) is 37.8 Å². The first kappa shape index (κ1) is 14.1. The molecular weight excluding hydrogens is 240 g/mol. The highest BCUT2D eigenvalue weighted by atomic mass is 16.5. The Labute approximate surface area is 115 Å². The van der Waals surface area contributed by atoms with Crippen molar-refractivity contribution in [2.45, 2.75) is 46.1 Å². The predicted molar refractivity (Wildman–Crippen MR) is 77.8 cm³/mol. The van der Waals surface area contributed by atoms with Gasteiger partial charge in [-0.1, -0.05) is 6.92 Å². The van der Waals surface area contributed by atoms with Gasteiger partial charge in [0.15, 0.2) is 0 Å². The summed E-state index contributed by atoms with van der Waals surface area (Å²) in [4.78, 5) is 9.17. The van der Waals surface area contributed by atoms with Crippen molar-refractivity contribution in [1.82, 2.24) is 9.97 Å². The van der Waals surface area contributed by atoms with Crippen LogP contribution in [0, 0.1) is 6.92 Å². The highest BCUT2D eigenvalue weighted by Crippen LogP contribution is 2.22. The van der Waals surface area contributed by atoms with Crippen molar-refractivity contribution < 1.29 is 4.74 Å². The lowest BCUT2D eigenvalue weighted by atomic mass is 10.1. The van der Waals surface area contributed by atoms with Gasteiger partial charge in [0.05, 0.1) is 0 Å². The van der Waals surface area contributed by atoms with Gasteiger partial charge in [-0.3, -0.25) is 0 Å². The average molecular weight is 264 g/mol. The van der Waals surface area contributed by atoms with Gasteiger partial charge in [-0.15, -0.1) is 0 Å². The van der Waals surface area contributed by atoms with Crippen LogP contribution in [0.3, 0.4) is 0 Å². The minimum atomic E-state index is 0.460. The molecule has 1 aromatic heterocycles. The van der Waals surface area contributed by atoms with E-state index in [1.54, 1.807) is 0 Å². The highest BCUT2D eigenvalue weighted by Gasteiger charge is 2.17. The Hall–Kier alpha value is -1.36. The minimum Gasteiger partial charge on any atom is -0.381 e. The molecule has 2 N–H and O–H groups in total. The highest BCUT2D eigenvalue weighted by molar-refractivity contribution is 5.57. The fourth-order valence-corrected chi connectivity index (χ4v) is 2.24. The first-order chi connectivity index (χ1) is 9.24. The second kappa shape index (κ2) is 6.70. The number of ether oxygens (including phenoxy) is 1. The van der Waals surface area contributed by atoms with Gasteiger partial charge in [0.2, 0.25) is 0 Å². The fraction of sp³-hybridized carbons (Fsp3) is 0.714. The summed E-state index contributed by atoms with van der Waals surface area (Å²) in [5.74, 6) is 2.80. The molecule has 2 heterocycles. The van der Waals surface area contributed by atoms with Crippen LogP contribution in [-0.4, -0.2) is 35.8 Å².